The lowest BCUT2D eigenvalue weighted by Gasteiger charge is -2.50. The van der Waals surface area contributed by atoms with Crippen molar-refractivity contribution in [3.8, 4) is 0 Å². The molecular formula is C7H14N2O2. The molecule has 2 heterocycles. The number of hydrogen-bond acceptors (Lipinski definition) is 4. The summed E-state index contributed by atoms with van der Waals surface area (Å²) in [4.78, 5) is 0. The molecule has 4 nitrogen and oxygen atoms in total. The van der Waals surface area contributed by atoms with Gasteiger partial charge in [-0.25, -0.2) is 0 Å². The second-order valence-corrected chi connectivity index (χ2v) is 3.42. The van der Waals surface area contributed by atoms with Crippen LogP contribution in [0.15, 0.2) is 0 Å². The molecule has 0 radical (unpaired) electrons. The highest BCUT2D eigenvalue weighted by Gasteiger charge is 2.46. The standard InChI is InChI=1S/C7H14N2O2/c1-5-7(2-9-3-7)4-10-6(8)11-5/h5-6,9H,2-4,8H2,1H3. The van der Waals surface area contributed by atoms with Gasteiger partial charge in [-0.05, 0) is 6.92 Å². The normalized spacial score (nSPS) is 42.0. The summed E-state index contributed by atoms with van der Waals surface area (Å²) in [6.45, 7) is 4.76. The van der Waals surface area contributed by atoms with Gasteiger partial charge in [0.2, 0.25) is 6.41 Å². The Kier molecular flexibility index (Phi) is 1.64. The summed E-state index contributed by atoms with van der Waals surface area (Å²) < 4.78 is 10.6. The van der Waals surface area contributed by atoms with Gasteiger partial charge < -0.3 is 14.8 Å². The summed E-state index contributed by atoms with van der Waals surface area (Å²) in [6, 6.07) is 0. The van der Waals surface area contributed by atoms with Crippen LogP contribution in [0.3, 0.4) is 0 Å². The maximum Gasteiger partial charge on any atom is 0.213 e. The lowest BCUT2D eigenvalue weighted by atomic mass is 9.77. The van der Waals surface area contributed by atoms with Gasteiger partial charge in [-0.1, -0.05) is 0 Å². The topological polar surface area (TPSA) is 56.5 Å². The third-order valence-electron chi connectivity index (χ3n) is 2.69. The third-order valence-corrected chi connectivity index (χ3v) is 2.69. The predicted octanol–water partition coefficient (Wildman–Crippen LogP) is -0.746. The van der Waals surface area contributed by atoms with E-state index in [1.54, 1.807) is 0 Å². The first kappa shape index (κ1) is 7.49. The molecule has 2 aliphatic rings. The van der Waals surface area contributed by atoms with Gasteiger partial charge in [0.25, 0.3) is 0 Å². The summed E-state index contributed by atoms with van der Waals surface area (Å²) in [5.41, 5.74) is 5.66. The van der Waals surface area contributed by atoms with Gasteiger partial charge in [0.15, 0.2) is 0 Å². The number of hydrogen-bond donors (Lipinski definition) is 2. The van der Waals surface area contributed by atoms with Crippen molar-refractivity contribution in [2.75, 3.05) is 19.7 Å². The van der Waals surface area contributed by atoms with E-state index in [1.807, 2.05) is 0 Å². The van der Waals surface area contributed by atoms with Gasteiger partial charge in [-0.15, -0.1) is 0 Å². The van der Waals surface area contributed by atoms with E-state index in [1.165, 1.54) is 0 Å². The fraction of sp³-hybridized carbons (Fsp3) is 1.00. The predicted molar refractivity (Wildman–Crippen MR) is 39.8 cm³/mol. The highest BCUT2D eigenvalue weighted by atomic mass is 16.7. The van der Waals surface area contributed by atoms with Crippen molar-refractivity contribution >= 4 is 0 Å². The average Bonchev–Trinajstić information content (AvgIpc) is 1.84. The van der Waals surface area contributed by atoms with Crippen LogP contribution < -0.4 is 11.1 Å². The molecule has 0 bridgehead atoms. The molecule has 2 fully saturated rings. The largest absolute Gasteiger partial charge is 0.339 e. The van der Waals surface area contributed by atoms with Crippen LogP contribution in [0.4, 0.5) is 0 Å². The number of nitrogens with one attached hydrogen (secondary N) is 1. The monoisotopic (exact) mass is 158 g/mol. The second-order valence-electron chi connectivity index (χ2n) is 3.42. The van der Waals surface area contributed by atoms with E-state index < -0.39 is 6.41 Å². The molecule has 2 saturated heterocycles. The van der Waals surface area contributed by atoms with E-state index >= 15 is 0 Å². The van der Waals surface area contributed by atoms with Crippen LogP contribution in [-0.2, 0) is 9.47 Å². The minimum absolute atomic E-state index is 0.204. The molecule has 0 aromatic rings. The van der Waals surface area contributed by atoms with Crippen molar-refractivity contribution < 1.29 is 9.47 Å². The Morgan fingerprint density at radius 1 is 1.55 bits per heavy atom. The zero-order chi connectivity index (χ0) is 7.90. The molecule has 0 amide bonds. The summed E-state index contributed by atoms with van der Waals surface area (Å²) in [6.07, 6.45) is -0.302. The molecule has 2 rings (SSSR count). The van der Waals surface area contributed by atoms with Gasteiger partial charge in [0.05, 0.1) is 12.7 Å². The van der Waals surface area contributed by atoms with Crippen molar-refractivity contribution in [1.82, 2.24) is 5.32 Å². The molecule has 2 aliphatic heterocycles. The molecule has 0 aliphatic carbocycles. The fourth-order valence-electron chi connectivity index (χ4n) is 1.59. The molecule has 4 heteroatoms. The fourth-order valence-corrected chi connectivity index (χ4v) is 1.59. The highest BCUT2D eigenvalue weighted by molar-refractivity contribution is 4.98. The molecule has 0 aromatic carbocycles. The Bertz CT molecular complexity index is 159. The first-order valence-corrected chi connectivity index (χ1v) is 3.96. The minimum Gasteiger partial charge on any atom is -0.339 e. The van der Waals surface area contributed by atoms with Gasteiger partial charge in [0, 0.05) is 18.5 Å². The van der Waals surface area contributed by atoms with E-state index in [-0.39, 0.29) is 11.5 Å². The molecule has 2 atom stereocenters. The quantitative estimate of drug-likeness (QED) is 0.487. The zero-order valence-electron chi connectivity index (χ0n) is 6.67. The molecule has 64 valence electrons. The van der Waals surface area contributed by atoms with Gasteiger partial charge >= 0.3 is 0 Å². The number of ether oxygens (including phenoxy) is 2. The average molecular weight is 158 g/mol. The first-order valence-electron chi connectivity index (χ1n) is 3.96. The number of nitrogens with two attached hydrogens (primary N) is 1. The Morgan fingerprint density at radius 2 is 2.27 bits per heavy atom. The second kappa shape index (κ2) is 2.42. The van der Waals surface area contributed by atoms with E-state index in [0.29, 0.717) is 0 Å². The van der Waals surface area contributed by atoms with Crippen molar-refractivity contribution in [2.24, 2.45) is 11.1 Å². The Hall–Kier alpha value is -0.160. The maximum absolute atomic E-state index is 5.46. The molecular weight excluding hydrogens is 144 g/mol. The smallest absolute Gasteiger partial charge is 0.213 e. The summed E-state index contributed by atoms with van der Waals surface area (Å²) in [5, 5.41) is 3.22. The Balaban J connectivity index is 2.01. The highest BCUT2D eigenvalue weighted by Crippen LogP contribution is 2.33. The van der Waals surface area contributed by atoms with E-state index in [4.69, 9.17) is 15.2 Å². The Morgan fingerprint density at radius 3 is 2.73 bits per heavy atom. The summed E-state index contributed by atoms with van der Waals surface area (Å²) in [7, 11) is 0. The van der Waals surface area contributed by atoms with Crippen LogP contribution in [0.1, 0.15) is 6.92 Å². The Labute approximate surface area is 66.0 Å². The molecule has 0 saturated carbocycles. The van der Waals surface area contributed by atoms with Crippen LogP contribution >= 0.6 is 0 Å². The van der Waals surface area contributed by atoms with Crippen molar-refractivity contribution in [3.05, 3.63) is 0 Å². The summed E-state index contributed by atoms with van der Waals surface area (Å²) in [5.74, 6) is 0. The first-order chi connectivity index (χ1) is 5.23. The van der Waals surface area contributed by atoms with E-state index in [9.17, 15) is 0 Å². The molecule has 0 aromatic heterocycles. The van der Waals surface area contributed by atoms with Gasteiger partial charge in [0.1, 0.15) is 0 Å². The minimum atomic E-state index is -0.517. The third kappa shape index (κ3) is 1.06. The van der Waals surface area contributed by atoms with Crippen LogP contribution in [-0.4, -0.2) is 32.2 Å². The molecule has 11 heavy (non-hydrogen) atoms. The maximum atomic E-state index is 5.46. The lowest BCUT2D eigenvalue weighted by molar-refractivity contribution is -0.269. The van der Waals surface area contributed by atoms with Crippen LogP contribution in [0.2, 0.25) is 0 Å². The van der Waals surface area contributed by atoms with Crippen molar-refractivity contribution in [3.63, 3.8) is 0 Å². The van der Waals surface area contributed by atoms with E-state index in [0.717, 1.165) is 19.7 Å². The van der Waals surface area contributed by atoms with Crippen LogP contribution in [0.25, 0.3) is 0 Å². The van der Waals surface area contributed by atoms with Crippen LogP contribution in [0.5, 0.6) is 0 Å². The summed E-state index contributed by atoms with van der Waals surface area (Å²) >= 11 is 0. The molecule has 2 unspecified atom stereocenters. The molecule has 1 spiro atoms. The zero-order valence-corrected chi connectivity index (χ0v) is 6.67. The van der Waals surface area contributed by atoms with Crippen molar-refractivity contribution in [2.45, 2.75) is 19.4 Å². The number of rotatable bonds is 0. The molecule has 3 N–H and O–H groups in total. The van der Waals surface area contributed by atoms with Gasteiger partial charge in [-0.3, -0.25) is 5.73 Å². The SMILES string of the molecule is CC1OC(N)OCC12CNC2. The van der Waals surface area contributed by atoms with E-state index in [2.05, 4.69) is 12.2 Å². The lowest BCUT2D eigenvalue weighted by Crippen LogP contribution is -2.66. The van der Waals surface area contributed by atoms with Gasteiger partial charge in [-0.2, -0.15) is 0 Å². The van der Waals surface area contributed by atoms with Crippen LogP contribution in [0, 0.1) is 5.41 Å². The van der Waals surface area contributed by atoms with Crippen molar-refractivity contribution in [1.29, 1.82) is 0 Å².